The van der Waals surface area contributed by atoms with E-state index < -0.39 is 0 Å². The lowest BCUT2D eigenvalue weighted by Gasteiger charge is -1.96. The monoisotopic (exact) mass is 255 g/mol. The first-order chi connectivity index (χ1) is 8.83. The molecule has 0 aliphatic carbocycles. The van der Waals surface area contributed by atoms with Gasteiger partial charge in [-0.2, -0.15) is 4.98 Å². The Morgan fingerprint density at radius 3 is 2.83 bits per heavy atom. The molecule has 0 aliphatic heterocycles. The van der Waals surface area contributed by atoms with Crippen molar-refractivity contribution in [2.45, 2.75) is 0 Å². The molecule has 88 valence electrons. The van der Waals surface area contributed by atoms with Gasteiger partial charge in [0, 0.05) is 11.0 Å². The molecule has 0 fully saturated rings. The standard InChI is InChI=1S/C14H9NO2S/c16-14-11-5-1-2-6-12(11)17-13(15-14)8-7-10-4-3-9-18-10/h1-9H. The Hall–Kier alpha value is -2.20. The number of hydrogen-bond acceptors (Lipinski definition) is 4. The predicted molar refractivity (Wildman–Crippen MR) is 73.5 cm³/mol. The van der Waals surface area contributed by atoms with Crippen molar-refractivity contribution in [2.24, 2.45) is 0 Å². The van der Waals surface area contributed by atoms with Crippen LogP contribution in [0.15, 0.2) is 51.0 Å². The molecule has 0 N–H and O–H groups in total. The lowest BCUT2D eigenvalue weighted by Crippen LogP contribution is -2.06. The molecular formula is C14H9NO2S. The lowest BCUT2D eigenvalue weighted by molar-refractivity contribution is 0.563. The molecular weight excluding hydrogens is 246 g/mol. The van der Waals surface area contributed by atoms with Crippen molar-refractivity contribution in [3.8, 4) is 0 Å². The van der Waals surface area contributed by atoms with Crippen LogP contribution < -0.4 is 5.56 Å². The molecule has 2 aromatic heterocycles. The lowest BCUT2D eigenvalue weighted by atomic mass is 10.2. The summed E-state index contributed by atoms with van der Waals surface area (Å²) >= 11 is 1.62. The quantitative estimate of drug-likeness (QED) is 0.704. The fourth-order valence-electron chi connectivity index (χ4n) is 1.64. The van der Waals surface area contributed by atoms with Gasteiger partial charge in [-0.25, -0.2) is 0 Å². The van der Waals surface area contributed by atoms with Gasteiger partial charge < -0.3 is 4.42 Å². The van der Waals surface area contributed by atoms with Crippen molar-refractivity contribution in [3.63, 3.8) is 0 Å². The summed E-state index contributed by atoms with van der Waals surface area (Å²) in [6.07, 6.45) is 3.59. The minimum absolute atomic E-state index is 0.261. The second kappa shape index (κ2) is 4.58. The van der Waals surface area contributed by atoms with Gasteiger partial charge in [0.25, 0.3) is 5.56 Å². The minimum Gasteiger partial charge on any atom is -0.438 e. The number of aromatic nitrogens is 1. The summed E-state index contributed by atoms with van der Waals surface area (Å²) in [5.74, 6) is 0.326. The van der Waals surface area contributed by atoms with Gasteiger partial charge in [-0.15, -0.1) is 11.3 Å². The van der Waals surface area contributed by atoms with E-state index in [-0.39, 0.29) is 5.56 Å². The molecule has 3 aromatic rings. The summed E-state index contributed by atoms with van der Waals surface area (Å²) < 4.78 is 5.55. The van der Waals surface area contributed by atoms with Crippen molar-refractivity contribution in [2.75, 3.05) is 0 Å². The Labute approximate surface area is 107 Å². The van der Waals surface area contributed by atoms with Crippen molar-refractivity contribution in [3.05, 3.63) is 62.9 Å². The molecule has 0 aliphatic rings. The van der Waals surface area contributed by atoms with Crippen LogP contribution in [0.3, 0.4) is 0 Å². The van der Waals surface area contributed by atoms with E-state index in [0.29, 0.717) is 16.9 Å². The summed E-state index contributed by atoms with van der Waals surface area (Å²) in [5, 5.41) is 2.50. The second-order valence-corrected chi connectivity index (χ2v) is 4.68. The van der Waals surface area contributed by atoms with Gasteiger partial charge in [0.1, 0.15) is 5.58 Å². The zero-order chi connectivity index (χ0) is 12.4. The number of thiophene rings is 1. The summed E-state index contributed by atoms with van der Waals surface area (Å²) in [5.41, 5.74) is 0.297. The summed E-state index contributed by atoms with van der Waals surface area (Å²) in [6.45, 7) is 0. The normalized spacial score (nSPS) is 11.3. The van der Waals surface area contributed by atoms with Gasteiger partial charge in [0.05, 0.1) is 5.39 Å². The average Bonchev–Trinajstić information content (AvgIpc) is 2.90. The van der Waals surface area contributed by atoms with E-state index in [0.717, 1.165) is 4.88 Å². The maximum Gasteiger partial charge on any atom is 0.284 e. The van der Waals surface area contributed by atoms with E-state index >= 15 is 0 Å². The predicted octanol–water partition coefficient (Wildman–Crippen LogP) is 3.42. The topological polar surface area (TPSA) is 43.1 Å². The molecule has 3 nitrogen and oxygen atoms in total. The zero-order valence-corrected chi connectivity index (χ0v) is 10.2. The van der Waals surface area contributed by atoms with E-state index in [9.17, 15) is 4.79 Å². The van der Waals surface area contributed by atoms with Crippen LogP contribution >= 0.6 is 11.3 Å². The Morgan fingerprint density at radius 1 is 1.11 bits per heavy atom. The van der Waals surface area contributed by atoms with Gasteiger partial charge in [-0.05, 0) is 29.7 Å². The van der Waals surface area contributed by atoms with E-state index in [2.05, 4.69) is 4.98 Å². The molecule has 1 aromatic carbocycles. The van der Waals surface area contributed by atoms with Gasteiger partial charge in [0.15, 0.2) is 0 Å². The maximum absolute atomic E-state index is 11.8. The van der Waals surface area contributed by atoms with Crippen LogP contribution in [0.1, 0.15) is 10.8 Å². The summed E-state index contributed by atoms with van der Waals surface area (Å²) in [6, 6.07) is 11.1. The van der Waals surface area contributed by atoms with Crippen LogP contribution in [0.5, 0.6) is 0 Å². The third-order valence-corrected chi connectivity index (χ3v) is 3.31. The molecule has 0 bridgehead atoms. The van der Waals surface area contributed by atoms with Gasteiger partial charge in [0.2, 0.25) is 5.89 Å². The second-order valence-electron chi connectivity index (χ2n) is 3.70. The number of hydrogen-bond donors (Lipinski definition) is 0. The third kappa shape index (κ3) is 2.10. The number of benzene rings is 1. The van der Waals surface area contributed by atoms with Crippen LogP contribution in [0.25, 0.3) is 23.1 Å². The Bertz CT molecular complexity index is 757. The molecule has 0 atom stereocenters. The van der Waals surface area contributed by atoms with E-state index in [4.69, 9.17) is 4.42 Å². The van der Waals surface area contributed by atoms with Crippen molar-refractivity contribution in [1.29, 1.82) is 0 Å². The molecule has 2 heterocycles. The van der Waals surface area contributed by atoms with Crippen LogP contribution in [-0.4, -0.2) is 4.98 Å². The summed E-state index contributed by atoms with van der Waals surface area (Å²) in [4.78, 5) is 16.7. The van der Waals surface area contributed by atoms with Gasteiger partial charge in [-0.3, -0.25) is 4.79 Å². The highest BCUT2D eigenvalue weighted by atomic mass is 32.1. The molecule has 0 saturated heterocycles. The van der Waals surface area contributed by atoms with E-state index in [1.165, 1.54) is 0 Å². The molecule has 3 rings (SSSR count). The van der Waals surface area contributed by atoms with Gasteiger partial charge in [-0.1, -0.05) is 18.2 Å². The zero-order valence-electron chi connectivity index (χ0n) is 9.37. The molecule has 18 heavy (non-hydrogen) atoms. The Kier molecular flexibility index (Phi) is 2.78. The maximum atomic E-state index is 11.8. The average molecular weight is 255 g/mol. The Balaban J connectivity index is 2.06. The fraction of sp³-hybridized carbons (Fsp3) is 0. The number of para-hydroxylation sites is 1. The number of nitrogens with zero attached hydrogens (tertiary/aromatic N) is 1. The SMILES string of the molecule is O=c1nc(C=Cc2cccs2)oc2ccccc12. The first-order valence-corrected chi connectivity index (χ1v) is 6.32. The smallest absolute Gasteiger partial charge is 0.284 e. The third-order valence-electron chi connectivity index (χ3n) is 2.48. The summed E-state index contributed by atoms with van der Waals surface area (Å²) in [7, 11) is 0. The van der Waals surface area contributed by atoms with Crippen LogP contribution in [0, 0.1) is 0 Å². The van der Waals surface area contributed by atoms with Crippen LogP contribution in [-0.2, 0) is 0 Å². The molecule has 0 saturated carbocycles. The molecule has 4 heteroatoms. The fourth-order valence-corrected chi connectivity index (χ4v) is 2.26. The highest BCUT2D eigenvalue weighted by molar-refractivity contribution is 7.10. The van der Waals surface area contributed by atoms with Gasteiger partial charge >= 0.3 is 0 Å². The molecule has 0 amide bonds. The number of rotatable bonds is 2. The first-order valence-electron chi connectivity index (χ1n) is 5.44. The first kappa shape index (κ1) is 10.9. The molecule has 0 spiro atoms. The highest BCUT2D eigenvalue weighted by Gasteiger charge is 2.02. The number of fused-ring (bicyclic) bond motifs is 1. The largest absolute Gasteiger partial charge is 0.438 e. The molecule has 0 radical (unpaired) electrons. The van der Waals surface area contributed by atoms with Crippen molar-refractivity contribution in [1.82, 2.24) is 4.98 Å². The van der Waals surface area contributed by atoms with Crippen LogP contribution in [0.2, 0.25) is 0 Å². The van der Waals surface area contributed by atoms with Crippen molar-refractivity contribution >= 4 is 34.5 Å². The Morgan fingerprint density at radius 2 is 2.00 bits per heavy atom. The molecule has 0 unspecified atom stereocenters. The van der Waals surface area contributed by atoms with E-state index in [1.807, 2.05) is 29.7 Å². The minimum atomic E-state index is -0.261. The highest BCUT2D eigenvalue weighted by Crippen LogP contribution is 2.14. The van der Waals surface area contributed by atoms with E-state index in [1.54, 1.807) is 35.6 Å². The van der Waals surface area contributed by atoms with Crippen LogP contribution in [0.4, 0.5) is 0 Å². The van der Waals surface area contributed by atoms with Crippen molar-refractivity contribution < 1.29 is 4.42 Å².